The lowest BCUT2D eigenvalue weighted by atomic mass is 9.85. The molecule has 2 aliphatic carbocycles. The molecule has 4 rings (SSSR count). The summed E-state index contributed by atoms with van der Waals surface area (Å²) >= 11 is 0. The lowest BCUT2D eigenvalue weighted by Crippen LogP contribution is -2.50. The average Bonchev–Trinajstić information content (AvgIpc) is 3.25. The maximum Gasteiger partial charge on any atom is 0.408 e. The third kappa shape index (κ3) is 5.37. The van der Waals surface area contributed by atoms with Gasteiger partial charge in [0.25, 0.3) is 5.91 Å². The Morgan fingerprint density at radius 3 is 2.52 bits per heavy atom. The summed E-state index contributed by atoms with van der Waals surface area (Å²) in [4.78, 5) is 45.0. The van der Waals surface area contributed by atoms with E-state index in [-0.39, 0.29) is 17.6 Å². The van der Waals surface area contributed by atoms with E-state index in [1.54, 1.807) is 4.90 Å². The van der Waals surface area contributed by atoms with Crippen LogP contribution in [0, 0.1) is 11.8 Å². The van der Waals surface area contributed by atoms with E-state index in [0.717, 1.165) is 25.7 Å². The zero-order valence-corrected chi connectivity index (χ0v) is 19.5. The highest BCUT2D eigenvalue weighted by atomic mass is 16.6. The maximum atomic E-state index is 13.2. The van der Waals surface area contributed by atoms with Gasteiger partial charge >= 0.3 is 6.09 Å². The van der Waals surface area contributed by atoms with Gasteiger partial charge in [0.05, 0.1) is 13.2 Å². The molecule has 1 aromatic heterocycles. The number of ether oxygens (including phenoxy) is 2. The molecule has 0 radical (unpaired) electrons. The Morgan fingerprint density at radius 1 is 1.21 bits per heavy atom. The van der Waals surface area contributed by atoms with Crippen LogP contribution in [-0.4, -0.2) is 70.8 Å². The molecule has 0 aromatic carbocycles. The Hall–Kier alpha value is -2.49. The molecule has 3 aliphatic rings. The molecule has 10 nitrogen and oxygen atoms in total. The molecule has 2 amide bonds. The minimum absolute atomic E-state index is 0.0420. The van der Waals surface area contributed by atoms with Crippen molar-refractivity contribution < 1.29 is 28.4 Å². The molecule has 1 N–H and O–H groups in total. The summed E-state index contributed by atoms with van der Waals surface area (Å²) in [7, 11) is 0. The van der Waals surface area contributed by atoms with E-state index in [1.807, 2.05) is 13.8 Å². The summed E-state index contributed by atoms with van der Waals surface area (Å²) in [5, 5.41) is 6.50. The average molecular weight is 463 g/mol. The summed E-state index contributed by atoms with van der Waals surface area (Å²) in [5.41, 5.74) is -1.12. The highest BCUT2D eigenvalue weighted by Gasteiger charge is 2.60. The van der Waals surface area contributed by atoms with E-state index in [2.05, 4.69) is 15.5 Å². The topological polar surface area (TPSA) is 124 Å². The molecule has 2 unspecified atom stereocenters. The van der Waals surface area contributed by atoms with Gasteiger partial charge in [-0.3, -0.25) is 9.59 Å². The van der Waals surface area contributed by atoms with E-state index < -0.39 is 23.5 Å². The zero-order chi connectivity index (χ0) is 23.4. The number of rotatable bonds is 8. The minimum Gasteiger partial charge on any atom is -0.436 e. The number of hydrogen-bond acceptors (Lipinski definition) is 8. The first kappa shape index (κ1) is 23.7. The number of carbonyl (C=O) groups is 3. The smallest absolute Gasteiger partial charge is 0.408 e. The molecule has 3 atom stereocenters. The van der Waals surface area contributed by atoms with Crippen molar-refractivity contribution in [3.8, 4) is 0 Å². The third-order valence-corrected chi connectivity index (χ3v) is 7.13. The molecule has 1 aliphatic heterocycles. The SMILES string of the molecule is CCc1nc(C(=O)C2(NC(=O)O[C@@H](CC3CCCCC3)C(=O)N3CCOCC3)CC2C)no1. The number of ketones is 1. The Bertz CT molecular complexity index is 861. The number of morpholine rings is 1. The monoisotopic (exact) mass is 462 g/mol. The maximum absolute atomic E-state index is 13.2. The van der Waals surface area contributed by atoms with Crippen LogP contribution in [0.25, 0.3) is 0 Å². The van der Waals surface area contributed by atoms with Crippen LogP contribution in [0.2, 0.25) is 0 Å². The van der Waals surface area contributed by atoms with Crippen LogP contribution in [-0.2, 0) is 20.7 Å². The molecular formula is C23H34N4O6. The van der Waals surface area contributed by atoms with Crippen LogP contribution in [0.4, 0.5) is 4.79 Å². The number of amides is 2. The van der Waals surface area contributed by atoms with Crippen molar-refractivity contribution in [1.29, 1.82) is 0 Å². The first-order valence-electron chi connectivity index (χ1n) is 12.2. The summed E-state index contributed by atoms with van der Waals surface area (Å²) in [6, 6.07) is 0. The molecule has 10 heteroatoms. The minimum atomic E-state index is -1.12. The largest absolute Gasteiger partial charge is 0.436 e. The van der Waals surface area contributed by atoms with Crippen molar-refractivity contribution >= 4 is 17.8 Å². The van der Waals surface area contributed by atoms with Gasteiger partial charge in [0.2, 0.25) is 17.5 Å². The van der Waals surface area contributed by atoms with Crippen molar-refractivity contribution in [2.75, 3.05) is 26.3 Å². The van der Waals surface area contributed by atoms with Gasteiger partial charge in [0.15, 0.2) is 6.10 Å². The lowest BCUT2D eigenvalue weighted by Gasteiger charge is -2.32. The number of alkyl carbamates (subject to hydrolysis) is 1. The molecule has 3 fully saturated rings. The predicted octanol–water partition coefficient (Wildman–Crippen LogP) is 2.52. The van der Waals surface area contributed by atoms with Crippen LogP contribution in [0.3, 0.4) is 0 Å². The van der Waals surface area contributed by atoms with Crippen molar-refractivity contribution in [3.05, 3.63) is 11.7 Å². The third-order valence-electron chi connectivity index (χ3n) is 7.13. The number of aryl methyl sites for hydroxylation is 1. The number of nitrogens with zero attached hydrogens (tertiary/aromatic N) is 3. The van der Waals surface area contributed by atoms with Gasteiger partial charge in [0, 0.05) is 19.5 Å². The number of Topliss-reactive ketones (excluding diaryl/α,β-unsaturated/α-hetero) is 1. The fourth-order valence-corrected chi connectivity index (χ4v) is 4.91. The van der Waals surface area contributed by atoms with E-state index in [0.29, 0.717) is 57.4 Å². The zero-order valence-electron chi connectivity index (χ0n) is 19.5. The van der Waals surface area contributed by atoms with Crippen molar-refractivity contribution in [1.82, 2.24) is 20.4 Å². The molecule has 33 heavy (non-hydrogen) atoms. The second kappa shape index (κ2) is 10.2. The molecule has 0 bridgehead atoms. The molecule has 2 saturated carbocycles. The summed E-state index contributed by atoms with van der Waals surface area (Å²) in [6.07, 6.45) is 5.40. The van der Waals surface area contributed by atoms with Crippen molar-refractivity contribution in [2.45, 2.75) is 76.9 Å². The summed E-state index contributed by atoms with van der Waals surface area (Å²) in [6.45, 7) is 5.66. The first-order valence-corrected chi connectivity index (χ1v) is 12.2. The van der Waals surface area contributed by atoms with E-state index in [1.165, 1.54) is 6.42 Å². The van der Waals surface area contributed by atoms with Crippen LogP contribution >= 0.6 is 0 Å². The predicted molar refractivity (Wildman–Crippen MR) is 117 cm³/mol. The highest BCUT2D eigenvalue weighted by molar-refractivity contribution is 6.04. The van der Waals surface area contributed by atoms with Gasteiger partial charge < -0.3 is 24.2 Å². The second-order valence-corrected chi connectivity index (χ2v) is 9.47. The van der Waals surface area contributed by atoms with Crippen LogP contribution in [0.15, 0.2) is 4.52 Å². The Labute approximate surface area is 193 Å². The van der Waals surface area contributed by atoms with Gasteiger partial charge in [0.1, 0.15) is 5.54 Å². The van der Waals surface area contributed by atoms with E-state index in [4.69, 9.17) is 14.0 Å². The number of carbonyl (C=O) groups excluding carboxylic acids is 3. The quantitative estimate of drug-likeness (QED) is 0.585. The van der Waals surface area contributed by atoms with Crippen LogP contribution < -0.4 is 5.32 Å². The molecule has 0 spiro atoms. The number of aromatic nitrogens is 2. The van der Waals surface area contributed by atoms with Gasteiger partial charge in [-0.1, -0.05) is 51.1 Å². The fourth-order valence-electron chi connectivity index (χ4n) is 4.91. The molecule has 1 aromatic rings. The van der Waals surface area contributed by atoms with Gasteiger partial charge in [-0.2, -0.15) is 4.98 Å². The normalized spacial score (nSPS) is 26.5. The highest BCUT2D eigenvalue weighted by Crippen LogP contribution is 2.45. The van der Waals surface area contributed by atoms with Gasteiger partial charge in [-0.25, -0.2) is 4.79 Å². The molecule has 1 saturated heterocycles. The standard InChI is InChI=1S/C23H34N4O6/c1-3-18-24-20(26-33-18)19(28)23(14-15(23)2)25-22(30)32-17(13-16-7-5-4-6-8-16)21(29)27-9-11-31-12-10-27/h15-17H,3-14H2,1-2H3,(H,25,30)/t15?,17-,23?/m0/s1. The van der Waals surface area contributed by atoms with E-state index in [9.17, 15) is 14.4 Å². The first-order chi connectivity index (χ1) is 15.9. The molecular weight excluding hydrogens is 428 g/mol. The second-order valence-electron chi connectivity index (χ2n) is 9.47. The molecule has 182 valence electrons. The van der Waals surface area contributed by atoms with Crippen LogP contribution in [0.1, 0.15) is 75.3 Å². The Balaban J connectivity index is 1.43. The van der Waals surface area contributed by atoms with Gasteiger partial charge in [-0.15, -0.1) is 0 Å². The van der Waals surface area contributed by atoms with Crippen molar-refractivity contribution in [3.63, 3.8) is 0 Å². The summed E-state index contributed by atoms with van der Waals surface area (Å²) < 4.78 is 16.1. The van der Waals surface area contributed by atoms with Crippen molar-refractivity contribution in [2.24, 2.45) is 11.8 Å². The van der Waals surface area contributed by atoms with Gasteiger partial charge in [-0.05, 0) is 24.7 Å². The van der Waals surface area contributed by atoms with E-state index >= 15 is 0 Å². The number of hydrogen-bond donors (Lipinski definition) is 1. The summed E-state index contributed by atoms with van der Waals surface area (Å²) in [5.74, 6) is 0.0112. The molecule has 2 heterocycles. The Morgan fingerprint density at radius 2 is 1.91 bits per heavy atom. The lowest BCUT2D eigenvalue weighted by molar-refractivity contribution is -0.145. The Kier molecular flexibility index (Phi) is 7.31. The fraction of sp³-hybridized carbons (Fsp3) is 0.783. The van der Waals surface area contributed by atoms with Crippen LogP contribution in [0.5, 0.6) is 0 Å². The number of nitrogens with one attached hydrogen (secondary N) is 1.